The lowest BCUT2D eigenvalue weighted by molar-refractivity contribution is -0.115. The first-order valence-corrected chi connectivity index (χ1v) is 9.41. The molecule has 0 aliphatic carbocycles. The Bertz CT molecular complexity index is 1100. The Balaban J connectivity index is 1.47. The second-order valence-electron chi connectivity index (χ2n) is 5.98. The Labute approximate surface area is 164 Å². The van der Waals surface area contributed by atoms with Gasteiger partial charge in [-0.3, -0.25) is 9.69 Å². The van der Waals surface area contributed by atoms with E-state index in [1.165, 1.54) is 23.2 Å². The number of pyridine rings is 1. The van der Waals surface area contributed by atoms with Crippen molar-refractivity contribution in [3.63, 3.8) is 0 Å². The van der Waals surface area contributed by atoms with Crippen molar-refractivity contribution in [1.82, 2.24) is 14.4 Å². The number of benzene rings is 1. The standard InChI is InChI=1S/C20H16N4O3S/c1-14(25)24(16-7-3-2-4-8-16)20-21-15(13-28-20)12-27-19(26)17-11-23-10-6-5-9-18(23)22-17/h2-11,13H,12H2,1H3. The molecule has 140 valence electrons. The SMILES string of the molecule is CC(=O)N(c1ccccc1)c1nc(COC(=O)c2cn3ccccc3n2)cs1. The number of thiazole rings is 1. The molecule has 4 aromatic rings. The molecule has 0 radical (unpaired) electrons. The van der Waals surface area contributed by atoms with E-state index in [0.29, 0.717) is 16.5 Å². The van der Waals surface area contributed by atoms with Crippen molar-refractivity contribution in [2.75, 3.05) is 4.90 Å². The van der Waals surface area contributed by atoms with Crippen LogP contribution in [0.15, 0.2) is 66.3 Å². The molecule has 0 unspecified atom stereocenters. The summed E-state index contributed by atoms with van der Waals surface area (Å²) < 4.78 is 7.08. The van der Waals surface area contributed by atoms with Crippen LogP contribution in [0.3, 0.4) is 0 Å². The maximum Gasteiger partial charge on any atom is 0.358 e. The van der Waals surface area contributed by atoms with Crippen LogP contribution in [0.25, 0.3) is 5.65 Å². The fraction of sp³-hybridized carbons (Fsp3) is 0.100. The van der Waals surface area contributed by atoms with E-state index in [9.17, 15) is 9.59 Å². The maximum absolute atomic E-state index is 12.3. The fourth-order valence-corrected chi connectivity index (χ4v) is 3.59. The summed E-state index contributed by atoms with van der Waals surface area (Å²) in [6.07, 6.45) is 3.43. The predicted molar refractivity (Wildman–Crippen MR) is 106 cm³/mol. The lowest BCUT2D eigenvalue weighted by Crippen LogP contribution is -2.22. The Morgan fingerprint density at radius 1 is 1.11 bits per heavy atom. The van der Waals surface area contributed by atoms with Crippen LogP contribution in [0.5, 0.6) is 0 Å². The molecule has 8 heteroatoms. The van der Waals surface area contributed by atoms with E-state index in [-0.39, 0.29) is 18.2 Å². The number of carbonyl (C=O) groups is 2. The molecule has 3 aromatic heterocycles. The van der Waals surface area contributed by atoms with Gasteiger partial charge in [-0.1, -0.05) is 24.3 Å². The molecule has 0 saturated carbocycles. The van der Waals surface area contributed by atoms with Gasteiger partial charge in [-0.25, -0.2) is 14.8 Å². The Kier molecular flexibility index (Phi) is 4.86. The van der Waals surface area contributed by atoms with Gasteiger partial charge in [-0.05, 0) is 24.3 Å². The number of amides is 1. The van der Waals surface area contributed by atoms with Gasteiger partial charge in [-0.2, -0.15) is 0 Å². The van der Waals surface area contributed by atoms with Gasteiger partial charge in [-0.15, -0.1) is 11.3 Å². The van der Waals surface area contributed by atoms with Crippen molar-refractivity contribution in [2.45, 2.75) is 13.5 Å². The summed E-state index contributed by atoms with van der Waals surface area (Å²) in [5.41, 5.74) is 2.21. The second-order valence-corrected chi connectivity index (χ2v) is 6.82. The predicted octanol–water partition coefficient (Wildman–Crippen LogP) is 3.83. The molecule has 1 amide bonds. The molecule has 0 N–H and O–H groups in total. The smallest absolute Gasteiger partial charge is 0.358 e. The summed E-state index contributed by atoms with van der Waals surface area (Å²) in [5.74, 6) is -0.668. The van der Waals surface area contributed by atoms with Crippen LogP contribution in [0.4, 0.5) is 10.8 Å². The molecule has 0 aliphatic rings. The number of para-hydroxylation sites is 1. The number of aromatic nitrogens is 3. The molecule has 7 nitrogen and oxygen atoms in total. The number of fused-ring (bicyclic) bond motifs is 1. The first-order chi connectivity index (χ1) is 13.6. The number of rotatable bonds is 5. The van der Waals surface area contributed by atoms with Gasteiger partial charge in [0, 0.05) is 24.7 Å². The van der Waals surface area contributed by atoms with Crippen molar-refractivity contribution in [3.8, 4) is 0 Å². The molecule has 28 heavy (non-hydrogen) atoms. The van der Waals surface area contributed by atoms with Gasteiger partial charge in [0.05, 0.1) is 11.4 Å². The fourth-order valence-electron chi connectivity index (χ4n) is 2.72. The topological polar surface area (TPSA) is 76.8 Å². The van der Waals surface area contributed by atoms with Crippen LogP contribution in [0, 0.1) is 0 Å². The zero-order valence-corrected chi connectivity index (χ0v) is 15.8. The third-order valence-electron chi connectivity index (χ3n) is 3.98. The highest BCUT2D eigenvalue weighted by atomic mass is 32.1. The lowest BCUT2D eigenvalue weighted by atomic mass is 10.3. The van der Waals surface area contributed by atoms with E-state index in [1.807, 2.05) is 54.7 Å². The van der Waals surface area contributed by atoms with Gasteiger partial charge in [0.25, 0.3) is 0 Å². The molecular weight excluding hydrogens is 376 g/mol. The summed E-state index contributed by atoms with van der Waals surface area (Å²) in [6.45, 7) is 1.49. The summed E-state index contributed by atoms with van der Waals surface area (Å²) in [6, 6.07) is 14.8. The largest absolute Gasteiger partial charge is 0.454 e. The van der Waals surface area contributed by atoms with Gasteiger partial charge in [0.1, 0.15) is 12.3 Å². The summed E-state index contributed by atoms with van der Waals surface area (Å²) >= 11 is 1.32. The highest BCUT2D eigenvalue weighted by Gasteiger charge is 2.18. The first-order valence-electron chi connectivity index (χ1n) is 8.53. The average molecular weight is 392 g/mol. The van der Waals surface area contributed by atoms with E-state index in [0.717, 1.165) is 5.69 Å². The molecule has 4 rings (SSSR count). The Morgan fingerprint density at radius 3 is 2.64 bits per heavy atom. The molecule has 0 bridgehead atoms. The highest BCUT2D eigenvalue weighted by molar-refractivity contribution is 7.14. The normalized spacial score (nSPS) is 10.8. The van der Waals surface area contributed by atoms with E-state index in [4.69, 9.17) is 4.74 Å². The summed E-state index contributed by atoms with van der Waals surface area (Å²) in [7, 11) is 0. The van der Waals surface area contributed by atoms with Crippen LogP contribution >= 0.6 is 11.3 Å². The number of anilines is 2. The second kappa shape index (κ2) is 7.61. The number of ether oxygens (including phenoxy) is 1. The zero-order valence-electron chi connectivity index (χ0n) is 15.0. The molecule has 0 aliphatic heterocycles. The van der Waals surface area contributed by atoms with Gasteiger partial charge >= 0.3 is 5.97 Å². The number of esters is 1. The van der Waals surface area contributed by atoms with Gasteiger partial charge in [0.2, 0.25) is 5.91 Å². The van der Waals surface area contributed by atoms with E-state index in [2.05, 4.69) is 9.97 Å². The number of carbonyl (C=O) groups excluding carboxylic acids is 2. The van der Waals surface area contributed by atoms with Crippen LogP contribution in [0.2, 0.25) is 0 Å². The summed E-state index contributed by atoms with van der Waals surface area (Å²) in [4.78, 5) is 34.6. The van der Waals surface area contributed by atoms with Crippen molar-refractivity contribution < 1.29 is 14.3 Å². The van der Waals surface area contributed by atoms with Gasteiger partial charge in [0.15, 0.2) is 10.8 Å². The molecule has 0 atom stereocenters. The Hall–Kier alpha value is -3.52. The van der Waals surface area contributed by atoms with Gasteiger partial charge < -0.3 is 9.14 Å². The van der Waals surface area contributed by atoms with E-state index < -0.39 is 5.97 Å². The zero-order chi connectivity index (χ0) is 19.5. The van der Waals surface area contributed by atoms with Crippen LogP contribution in [-0.4, -0.2) is 26.2 Å². The maximum atomic E-state index is 12.3. The van der Waals surface area contributed by atoms with Crippen molar-refractivity contribution in [2.24, 2.45) is 0 Å². The first kappa shape index (κ1) is 17.9. The minimum absolute atomic E-state index is 0.00371. The van der Waals surface area contributed by atoms with Crippen molar-refractivity contribution in [1.29, 1.82) is 0 Å². The third kappa shape index (κ3) is 3.63. The average Bonchev–Trinajstić information content (AvgIpc) is 3.34. The number of imidazole rings is 1. The van der Waals surface area contributed by atoms with E-state index in [1.54, 1.807) is 16.0 Å². The Morgan fingerprint density at radius 2 is 1.89 bits per heavy atom. The molecule has 0 fully saturated rings. The number of nitrogens with zero attached hydrogens (tertiary/aromatic N) is 4. The quantitative estimate of drug-likeness (QED) is 0.483. The molecule has 3 heterocycles. The van der Waals surface area contributed by atoms with Crippen LogP contribution < -0.4 is 4.90 Å². The third-order valence-corrected chi connectivity index (χ3v) is 4.86. The molecule has 1 aromatic carbocycles. The van der Waals surface area contributed by atoms with Crippen LogP contribution in [0.1, 0.15) is 23.1 Å². The number of hydrogen-bond donors (Lipinski definition) is 0. The van der Waals surface area contributed by atoms with Crippen LogP contribution in [-0.2, 0) is 16.1 Å². The highest BCUT2D eigenvalue weighted by Crippen LogP contribution is 2.28. The van der Waals surface area contributed by atoms with Crippen molar-refractivity contribution >= 4 is 39.7 Å². The summed E-state index contributed by atoms with van der Waals surface area (Å²) in [5, 5.41) is 2.29. The molecule has 0 spiro atoms. The number of hydrogen-bond acceptors (Lipinski definition) is 6. The molecule has 0 saturated heterocycles. The van der Waals surface area contributed by atoms with Crippen molar-refractivity contribution in [3.05, 3.63) is 77.7 Å². The lowest BCUT2D eigenvalue weighted by Gasteiger charge is -2.17. The minimum atomic E-state index is -0.523. The minimum Gasteiger partial charge on any atom is -0.454 e. The van der Waals surface area contributed by atoms with E-state index >= 15 is 0 Å². The monoisotopic (exact) mass is 392 g/mol. The molecular formula is C20H16N4O3S.